The zero-order valence-electron chi connectivity index (χ0n) is 19.7. The molecule has 1 amide bonds. The van der Waals surface area contributed by atoms with Crippen LogP contribution in [-0.4, -0.2) is 65.9 Å². The highest BCUT2D eigenvalue weighted by Gasteiger charge is 2.36. The quantitative estimate of drug-likeness (QED) is 0.519. The molecule has 0 saturated carbocycles. The number of nitrogens with zero attached hydrogens (tertiary/aromatic N) is 3. The van der Waals surface area contributed by atoms with Crippen molar-refractivity contribution in [3.05, 3.63) is 69.7 Å². The fourth-order valence-corrected chi connectivity index (χ4v) is 5.74. The fourth-order valence-electron chi connectivity index (χ4n) is 5.38. The van der Waals surface area contributed by atoms with Gasteiger partial charge in [-0.15, -0.1) is 0 Å². The molecule has 33 heavy (non-hydrogen) atoms. The van der Waals surface area contributed by atoms with E-state index in [1.54, 1.807) is 0 Å². The van der Waals surface area contributed by atoms with Crippen molar-refractivity contribution in [2.24, 2.45) is 5.92 Å². The molecule has 4 nitrogen and oxygen atoms in total. The van der Waals surface area contributed by atoms with Crippen LogP contribution in [0.1, 0.15) is 50.3 Å². The van der Waals surface area contributed by atoms with Crippen molar-refractivity contribution in [3.8, 4) is 0 Å². The van der Waals surface area contributed by atoms with Crippen LogP contribution in [0, 0.1) is 5.92 Å². The number of piperazine rings is 1. The van der Waals surface area contributed by atoms with Crippen LogP contribution in [0.15, 0.2) is 48.5 Å². The van der Waals surface area contributed by atoms with E-state index in [0.717, 1.165) is 54.9 Å². The van der Waals surface area contributed by atoms with Crippen LogP contribution in [-0.2, 0) is 4.79 Å². The first-order valence-electron chi connectivity index (χ1n) is 12.2. The van der Waals surface area contributed by atoms with E-state index in [2.05, 4.69) is 46.7 Å². The van der Waals surface area contributed by atoms with E-state index in [0.29, 0.717) is 11.8 Å². The van der Waals surface area contributed by atoms with Gasteiger partial charge in [-0.05, 0) is 61.2 Å². The molecule has 0 bridgehead atoms. The Hall–Kier alpha value is -1.59. The Balaban J connectivity index is 1.50. The van der Waals surface area contributed by atoms with Crippen molar-refractivity contribution >= 4 is 29.1 Å². The van der Waals surface area contributed by atoms with E-state index < -0.39 is 0 Å². The monoisotopic (exact) mass is 487 g/mol. The number of hydrogen-bond acceptors (Lipinski definition) is 3. The summed E-state index contributed by atoms with van der Waals surface area (Å²) < 4.78 is 0. The highest BCUT2D eigenvalue weighted by atomic mass is 35.5. The van der Waals surface area contributed by atoms with E-state index in [1.165, 1.54) is 24.8 Å². The van der Waals surface area contributed by atoms with Crippen LogP contribution < -0.4 is 0 Å². The van der Waals surface area contributed by atoms with E-state index in [1.807, 2.05) is 30.3 Å². The molecule has 178 valence electrons. The van der Waals surface area contributed by atoms with Crippen LogP contribution in [0.4, 0.5) is 0 Å². The summed E-state index contributed by atoms with van der Waals surface area (Å²) in [5.41, 5.74) is 2.26. The van der Waals surface area contributed by atoms with Gasteiger partial charge in [0, 0.05) is 36.2 Å². The minimum atomic E-state index is -0.00696. The van der Waals surface area contributed by atoms with Crippen molar-refractivity contribution in [1.82, 2.24) is 14.7 Å². The molecule has 4 rings (SSSR count). The Labute approximate surface area is 208 Å². The van der Waals surface area contributed by atoms with Gasteiger partial charge in [0.15, 0.2) is 0 Å². The minimum Gasteiger partial charge on any atom is -0.339 e. The molecule has 2 fully saturated rings. The Kier molecular flexibility index (Phi) is 8.34. The van der Waals surface area contributed by atoms with Crippen molar-refractivity contribution in [2.75, 3.05) is 39.3 Å². The van der Waals surface area contributed by atoms with Gasteiger partial charge in [0.05, 0.1) is 12.1 Å². The number of carbonyl (C=O) groups excluding carboxylic acids is 1. The van der Waals surface area contributed by atoms with Gasteiger partial charge >= 0.3 is 0 Å². The highest BCUT2D eigenvalue weighted by Crippen LogP contribution is 2.34. The second-order valence-corrected chi connectivity index (χ2v) is 10.5. The van der Waals surface area contributed by atoms with Gasteiger partial charge in [-0.2, -0.15) is 0 Å². The molecule has 2 aromatic rings. The molecule has 2 aliphatic heterocycles. The predicted octanol–water partition coefficient (Wildman–Crippen LogP) is 5.74. The van der Waals surface area contributed by atoms with Crippen molar-refractivity contribution < 1.29 is 4.79 Å². The maximum Gasteiger partial charge on any atom is 0.240 e. The predicted molar refractivity (Wildman–Crippen MR) is 137 cm³/mol. The Morgan fingerprint density at radius 1 is 0.788 bits per heavy atom. The SMILES string of the molecule is CC(C)[C@@H](C(=O)N1CCN(C(c2ccc(Cl)cc2)c2ccccc2Cl)CC1)N1CCCCC1. The molecule has 0 aliphatic carbocycles. The molecule has 1 unspecified atom stereocenters. The first kappa shape index (κ1) is 24.5. The average molecular weight is 489 g/mol. The molecular weight excluding hydrogens is 453 g/mol. The van der Waals surface area contributed by atoms with E-state index in [-0.39, 0.29) is 12.1 Å². The summed E-state index contributed by atoms with van der Waals surface area (Å²) >= 11 is 12.8. The van der Waals surface area contributed by atoms with Crippen molar-refractivity contribution in [3.63, 3.8) is 0 Å². The number of piperidine rings is 1. The molecular formula is C27H35Cl2N3O. The lowest BCUT2D eigenvalue weighted by Crippen LogP contribution is -2.57. The molecule has 0 spiro atoms. The first-order valence-corrected chi connectivity index (χ1v) is 13.0. The number of benzene rings is 2. The summed E-state index contributed by atoms with van der Waals surface area (Å²) in [5, 5.41) is 1.49. The lowest BCUT2D eigenvalue weighted by atomic mass is 9.95. The number of rotatable bonds is 6. The van der Waals surface area contributed by atoms with Gasteiger partial charge in [-0.1, -0.05) is 73.8 Å². The maximum absolute atomic E-state index is 13.6. The zero-order valence-corrected chi connectivity index (χ0v) is 21.2. The number of carbonyl (C=O) groups is 1. The van der Waals surface area contributed by atoms with Crippen molar-refractivity contribution in [1.29, 1.82) is 0 Å². The number of hydrogen-bond donors (Lipinski definition) is 0. The minimum absolute atomic E-state index is 0.00696. The largest absolute Gasteiger partial charge is 0.339 e. The lowest BCUT2D eigenvalue weighted by molar-refractivity contribution is -0.141. The van der Waals surface area contributed by atoms with E-state index in [9.17, 15) is 4.79 Å². The van der Waals surface area contributed by atoms with Gasteiger partial charge in [-0.3, -0.25) is 14.6 Å². The second-order valence-electron chi connectivity index (χ2n) is 9.62. The smallest absolute Gasteiger partial charge is 0.240 e. The van der Waals surface area contributed by atoms with Gasteiger partial charge < -0.3 is 4.90 Å². The first-order chi connectivity index (χ1) is 16.0. The average Bonchev–Trinajstić information content (AvgIpc) is 2.82. The summed E-state index contributed by atoms with van der Waals surface area (Å²) in [6, 6.07) is 16.1. The van der Waals surface area contributed by atoms with Gasteiger partial charge in [-0.25, -0.2) is 0 Å². The summed E-state index contributed by atoms with van der Waals surface area (Å²) in [6.45, 7) is 9.56. The highest BCUT2D eigenvalue weighted by molar-refractivity contribution is 6.31. The molecule has 0 N–H and O–H groups in total. The molecule has 6 heteroatoms. The van der Waals surface area contributed by atoms with E-state index >= 15 is 0 Å². The fraction of sp³-hybridized carbons (Fsp3) is 0.519. The van der Waals surface area contributed by atoms with Gasteiger partial charge in [0.1, 0.15) is 0 Å². The summed E-state index contributed by atoms with van der Waals surface area (Å²) in [6.07, 6.45) is 3.68. The maximum atomic E-state index is 13.6. The standard InChI is InChI=1S/C27H35Cl2N3O/c1-20(2)25(30-14-6-3-7-15-30)27(33)32-18-16-31(17-19-32)26(21-10-12-22(28)13-11-21)23-8-4-5-9-24(23)29/h4-5,8-13,20,25-26H,3,6-7,14-19H2,1-2H3/t25-,26?/m0/s1. The summed E-state index contributed by atoms with van der Waals surface area (Å²) in [5.74, 6) is 0.617. The number of halogens is 2. The third-order valence-electron chi connectivity index (χ3n) is 7.05. The zero-order chi connectivity index (χ0) is 23.4. The van der Waals surface area contributed by atoms with Crippen molar-refractivity contribution in [2.45, 2.75) is 45.2 Å². The second kappa shape index (κ2) is 11.2. The molecule has 2 atom stereocenters. The summed E-state index contributed by atoms with van der Waals surface area (Å²) in [7, 11) is 0. The van der Waals surface area contributed by atoms with Crippen LogP contribution in [0.2, 0.25) is 10.0 Å². The Bertz CT molecular complexity index is 919. The lowest BCUT2D eigenvalue weighted by Gasteiger charge is -2.43. The molecule has 0 aromatic heterocycles. The van der Waals surface area contributed by atoms with Crippen LogP contribution >= 0.6 is 23.2 Å². The molecule has 2 saturated heterocycles. The third-order valence-corrected chi connectivity index (χ3v) is 7.64. The molecule has 0 radical (unpaired) electrons. The van der Waals surface area contributed by atoms with Crippen LogP contribution in [0.5, 0.6) is 0 Å². The van der Waals surface area contributed by atoms with E-state index in [4.69, 9.17) is 23.2 Å². The number of likely N-dealkylation sites (tertiary alicyclic amines) is 1. The molecule has 2 aliphatic rings. The van der Waals surface area contributed by atoms with Crippen LogP contribution in [0.25, 0.3) is 0 Å². The van der Waals surface area contributed by atoms with Gasteiger partial charge in [0.2, 0.25) is 5.91 Å². The topological polar surface area (TPSA) is 26.8 Å². The van der Waals surface area contributed by atoms with Gasteiger partial charge in [0.25, 0.3) is 0 Å². The Morgan fingerprint density at radius 3 is 2.03 bits per heavy atom. The summed E-state index contributed by atoms with van der Waals surface area (Å²) in [4.78, 5) is 20.5. The molecule has 2 heterocycles. The normalized spacial score (nSPS) is 20.1. The van der Waals surface area contributed by atoms with Crippen LogP contribution in [0.3, 0.4) is 0 Å². The molecule has 2 aromatic carbocycles. The third kappa shape index (κ3) is 5.74. The number of amides is 1. The Morgan fingerprint density at radius 2 is 1.42 bits per heavy atom.